The minimum Gasteiger partial charge on any atom is -0.491 e. The first-order valence-electron chi connectivity index (χ1n) is 11.9. The Labute approximate surface area is 214 Å². The van der Waals surface area contributed by atoms with Crippen LogP contribution < -0.4 is 4.74 Å². The lowest BCUT2D eigenvalue weighted by Crippen LogP contribution is -2.25. The average molecular weight is 530 g/mol. The summed E-state index contributed by atoms with van der Waals surface area (Å²) in [7, 11) is -1.38. The van der Waals surface area contributed by atoms with Gasteiger partial charge < -0.3 is 28.9 Å². The van der Waals surface area contributed by atoms with Crippen LogP contribution in [0, 0.1) is 6.92 Å². The van der Waals surface area contributed by atoms with E-state index < -0.39 is 19.4 Å². The summed E-state index contributed by atoms with van der Waals surface area (Å²) in [4.78, 5) is 28.6. The summed E-state index contributed by atoms with van der Waals surface area (Å²) >= 11 is 0. The third-order valence-corrected chi connectivity index (χ3v) is 7.71. The van der Waals surface area contributed by atoms with Gasteiger partial charge in [0.15, 0.2) is 0 Å². The third-order valence-electron chi connectivity index (χ3n) is 6.00. The van der Waals surface area contributed by atoms with Crippen LogP contribution in [0.3, 0.4) is 0 Å². The second-order valence-corrected chi connectivity index (χ2v) is 11.2. The lowest BCUT2D eigenvalue weighted by atomic mass is 9.99. The minimum absolute atomic E-state index is 0.271. The van der Waals surface area contributed by atoms with Crippen molar-refractivity contribution in [3.8, 4) is 16.9 Å². The first-order chi connectivity index (χ1) is 17.4. The van der Waals surface area contributed by atoms with E-state index >= 15 is 0 Å². The fourth-order valence-electron chi connectivity index (χ4n) is 4.20. The number of ether oxygens (including phenoxy) is 1. The first kappa shape index (κ1) is 26.7. The van der Waals surface area contributed by atoms with Crippen LogP contribution in [-0.4, -0.2) is 68.0 Å². The van der Waals surface area contributed by atoms with Gasteiger partial charge in [-0.2, -0.15) is 0 Å². The van der Waals surface area contributed by atoms with Crippen molar-refractivity contribution in [3.63, 3.8) is 0 Å². The molecule has 192 valence electrons. The van der Waals surface area contributed by atoms with E-state index in [1.165, 1.54) is 0 Å². The van der Waals surface area contributed by atoms with E-state index in [1.807, 2.05) is 57.4 Å². The largest absolute Gasteiger partial charge is 0.491 e. The Morgan fingerprint density at radius 1 is 1.14 bits per heavy atom. The molecule has 10 heteroatoms. The number of aryl methyl sites for hydroxylation is 1. The predicted molar refractivity (Wildman–Crippen MR) is 146 cm³/mol. The van der Waals surface area contributed by atoms with Crippen LogP contribution >= 0.6 is 8.60 Å². The van der Waals surface area contributed by atoms with Crippen LogP contribution in [0.15, 0.2) is 53.6 Å². The smallest absolute Gasteiger partial charge is 0.327 e. The normalized spacial score (nSPS) is 12.8. The number of aromatic amines is 1. The van der Waals surface area contributed by atoms with E-state index in [-0.39, 0.29) is 6.61 Å². The highest BCUT2D eigenvalue weighted by Crippen LogP contribution is 2.39. The summed E-state index contributed by atoms with van der Waals surface area (Å²) in [5, 5.41) is 2.07. The number of nitrogens with zero attached hydrogens (tertiary/aromatic N) is 2. The highest BCUT2D eigenvalue weighted by Gasteiger charge is 2.17. The van der Waals surface area contributed by atoms with Crippen molar-refractivity contribution in [2.45, 2.75) is 25.2 Å². The zero-order chi connectivity index (χ0) is 25.7. The molecule has 0 aliphatic carbocycles. The van der Waals surface area contributed by atoms with Gasteiger partial charge in [-0.05, 0) is 67.4 Å². The Morgan fingerprint density at radius 3 is 2.75 bits per heavy atom. The zero-order valence-electron chi connectivity index (χ0n) is 20.7. The molecule has 0 aliphatic heterocycles. The summed E-state index contributed by atoms with van der Waals surface area (Å²) in [6, 6.07) is 14.1. The molecule has 8 nitrogen and oxygen atoms in total. The molecule has 0 radical (unpaired) electrons. The van der Waals surface area contributed by atoms with E-state index in [2.05, 4.69) is 27.0 Å². The molecular formula is C26H32N3O5PS. The van der Waals surface area contributed by atoms with Gasteiger partial charge in [0.25, 0.3) is 0 Å². The molecule has 4 aromatic rings. The number of rotatable bonds is 12. The van der Waals surface area contributed by atoms with E-state index in [4.69, 9.17) is 19.0 Å². The lowest BCUT2D eigenvalue weighted by molar-refractivity contribution is 0.201. The van der Waals surface area contributed by atoms with Crippen molar-refractivity contribution in [2.75, 3.05) is 39.1 Å². The number of aromatic nitrogens is 2. The summed E-state index contributed by atoms with van der Waals surface area (Å²) in [5.74, 6) is 1.34. The number of nitrogens with one attached hydrogen (secondary N) is 1. The molecule has 0 saturated carbocycles. The number of benzene rings is 2. The highest BCUT2D eigenvalue weighted by molar-refractivity contribution is 7.85. The van der Waals surface area contributed by atoms with Gasteiger partial charge in [-0.3, -0.25) is 4.21 Å². The fraction of sp³-hybridized carbons (Fsp3) is 0.346. The van der Waals surface area contributed by atoms with Gasteiger partial charge in [0.1, 0.15) is 11.4 Å². The highest BCUT2D eigenvalue weighted by atomic mass is 32.2. The van der Waals surface area contributed by atoms with Gasteiger partial charge in [-0.25, -0.2) is 4.98 Å². The zero-order valence-corrected chi connectivity index (χ0v) is 22.4. The van der Waals surface area contributed by atoms with Gasteiger partial charge in [0, 0.05) is 40.7 Å². The average Bonchev–Trinajstić information content (AvgIpc) is 3.25. The molecule has 2 aromatic carbocycles. The summed E-state index contributed by atoms with van der Waals surface area (Å²) in [6.45, 7) is 6.14. The lowest BCUT2D eigenvalue weighted by Gasteiger charge is -2.17. The van der Waals surface area contributed by atoms with Gasteiger partial charge in [0.05, 0.1) is 29.5 Å². The molecule has 4 rings (SSSR count). The Kier molecular flexibility index (Phi) is 9.06. The number of pyridine rings is 1. The maximum Gasteiger partial charge on any atom is 0.327 e. The summed E-state index contributed by atoms with van der Waals surface area (Å²) in [6.07, 6.45) is 2.65. The van der Waals surface area contributed by atoms with Crippen molar-refractivity contribution in [1.82, 2.24) is 14.9 Å². The van der Waals surface area contributed by atoms with Crippen LogP contribution in [0.4, 0.5) is 0 Å². The van der Waals surface area contributed by atoms with Gasteiger partial charge in [-0.15, -0.1) is 0 Å². The topological polar surface area (TPSA) is 108 Å². The van der Waals surface area contributed by atoms with E-state index in [0.717, 1.165) is 62.2 Å². The van der Waals surface area contributed by atoms with Crippen molar-refractivity contribution < 1.29 is 23.3 Å². The molecule has 0 spiro atoms. The quantitative estimate of drug-likeness (QED) is 0.180. The van der Waals surface area contributed by atoms with Gasteiger partial charge in [-0.1, -0.05) is 19.1 Å². The third kappa shape index (κ3) is 6.29. The van der Waals surface area contributed by atoms with Gasteiger partial charge >= 0.3 is 8.60 Å². The van der Waals surface area contributed by atoms with Crippen LogP contribution in [0.1, 0.15) is 18.9 Å². The Balaban J connectivity index is 1.60. The molecule has 2 heterocycles. The van der Waals surface area contributed by atoms with Crippen molar-refractivity contribution in [1.29, 1.82) is 0 Å². The SMILES string of the molecule is CCS(=O)c1cccc(-c2ccc(OCCCN(C)CCOP(O)O)c3[nH]c4ncc(C)cc4c23)c1. The number of hydrogen-bond donors (Lipinski definition) is 3. The maximum atomic E-state index is 12.4. The molecule has 0 fully saturated rings. The molecular weight excluding hydrogens is 497 g/mol. The Bertz CT molecular complexity index is 1360. The van der Waals surface area contributed by atoms with Crippen molar-refractivity contribution in [3.05, 3.63) is 54.2 Å². The maximum absolute atomic E-state index is 12.4. The second-order valence-electron chi connectivity index (χ2n) is 8.65. The van der Waals surface area contributed by atoms with Crippen molar-refractivity contribution >= 4 is 41.3 Å². The molecule has 1 unspecified atom stereocenters. The van der Waals surface area contributed by atoms with E-state index in [1.54, 1.807) is 0 Å². The van der Waals surface area contributed by atoms with Crippen LogP contribution in [-0.2, 0) is 15.3 Å². The molecule has 0 aliphatic rings. The van der Waals surface area contributed by atoms with Gasteiger partial charge in [0.2, 0.25) is 0 Å². The predicted octanol–water partition coefficient (Wildman–Crippen LogP) is 4.75. The molecule has 1 atom stereocenters. The minimum atomic E-state index is -2.31. The molecule has 3 N–H and O–H groups in total. The summed E-state index contributed by atoms with van der Waals surface area (Å²) in [5.41, 5.74) is 4.81. The number of likely N-dealkylation sites (N-methyl/N-ethyl adjacent to an activating group) is 1. The fourth-order valence-corrected chi connectivity index (χ4v) is 5.27. The first-order valence-corrected chi connectivity index (χ1v) is 14.4. The van der Waals surface area contributed by atoms with Crippen LogP contribution in [0.5, 0.6) is 5.75 Å². The van der Waals surface area contributed by atoms with Crippen LogP contribution in [0.2, 0.25) is 0 Å². The summed E-state index contributed by atoms with van der Waals surface area (Å²) < 4.78 is 23.5. The monoisotopic (exact) mass is 529 g/mol. The van der Waals surface area contributed by atoms with E-state index in [0.29, 0.717) is 18.9 Å². The Hall–Kier alpha value is -2.39. The van der Waals surface area contributed by atoms with E-state index in [9.17, 15) is 4.21 Å². The molecule has 0 saturated heterocycles. The standard InChI is InChI=1S/C26H32N3O5PS/c1-4-36(32)20-8-5-7-19(16-20)21-9-10-23(33-13-6-11-29(3)12-14-34-35(30)31)25-24(21)22-15-18(2)17-27-26(22)28-25/h5,7-10,15-17,30-31H,4,6,11-14H2,1-3H3,(H,27,28). The number of hydrogen-bond acceptors (Lipinski definition) is 7. The number of H-pyrrole nitrogens is 1. The van der Waals surface area contributed by atoms with Crippen LogP contribution in [0.25, 0.3) is 33.1 Å². The Morgan fingerprint density at radius 2 is 1.97 bits per heavy atom. The molecule has 0 bridgehead atoms. The second kappa shape index (κ2) is 12.2. The molecule has 0 amide bonds. The number of fused-ring (bicyclic) bond motifs is 3. The molecule has 36 heavy (non-hydrogen) atoms. The van der Waals surface area contributed by atoms with Crippen molar-refractivity contribution in [2.24, 2.45) is 0 Å². The molecule has 2 aromatic heterocycles.